The van der Waals surface area contributed by atoms with Crippen LogP contribution in [0.5, 0.6) is 0 Å². The number of aromatic nitrogens is 2. The Morgan fingerprint density at radius 3 is 2.67 bits per heavy atom. The Balaban J connectivity index is 1.97. The number of amides is 2. The van der Waals surface area contributed by atoms with Gasteiger partial charge in [-0.25, -0.2) is 4.79 Å². The van der Waals surface area contributed by atoms with Gasteiger partial charge in [-0.05, 0) is 26.4 Å². The van der Waals surface area contributed by atoms with Crippen molar-refractivity contribution in [3.05, 3.63) is 11.9 Å². The van der Waals surface area contributed by atoms with E-state index in [1.54, 1.807) is 6.20 Å². The zero-order valence-corrected chi connectivity index (χ0v) is 13.8. The summed E-state index contributed by atoms with van der Waals surface area (Å²) in [6.07, 6.45) is 2.63. The molecule has 21 heavy (non-hydrogen) atoms. The maximum atomic E-state index is 12.2. The lowest BCUT2D eigenvalue weighted by molar-refractivity contribution is 0.0942. The molecular formula is C15H27N5O. The van der Waals surface area contributed by atoms with Crippen LogP contribution >= 0.6 is 0 Å². The highest BCUT2D eigenvalue weighted by Crippen LogP contribution is 2.19. The van der Waals surface area contributed by atoms with Crippen molar-refractivity contribution in [2.24, 2.45) is 5.92 Å². The van der Waals surface area contributed by atoms with Crippen molar-refractivity contribution in [1.82, 2.24) is 19.6 Å². The van der Waals surface area contributed by atoms with Gasteiger partial charge in [0.05, 0.1) is 17.6 Å². The Morgan fingerprint density at radius 1 is 1.48 bits per heavy atom. The molecule has 1 fully saturated rings. The molecule has 1 saturated heterocycles. The fourth-order valence-corrected chi connectivity index (χ4v) is 2.53. The van der Waals surface area contributed by atoms with Gasteiger partial charge in [-0.1, -0.05) is 20.8 Å². The number of rotatable bonds is 5. The van der Waals surface area contributed by atoms with Gasteiger partial charge >= 0.3 is 6.03 Å². The second kappa shape index (κ2) is 6.47. The first kappa shape index (κ1) is 15.8. The number of nitrogens with one attached hydrogen (secondary N) is 1. The molecule has 118 valence electrons. The third kappa shape index (κ3) is 3.56. The van der Waals surface area contributed by atoms with Crippen LogP contribution in [0.2, 0.25) is 0 Å². The van der Waals surface area contributed by atoms with Crippen molar-refractivity contribution in [3.63, 3.8) is 0 Å². The van der Waals surface area contributed by atoms with E-state index in [9.17, 15) is 4.79 Å². The SMILES string of the molecule is CCc1c(NC(=O)N2CC(N(C)C)C2)cnn1CC(C)C. The minimum atomic E-state index is -0.0214. The van der Waals surface area contributed by atoms with Gasteiger partial charge in [0, 0.05) is 25.7 Å². The molecule has 0 spiro atoms. The summed E-state index contributed by atoms with van der Waals surface area (Å²) in [7, 11) is 4.09. The molecule has 1 N–H and O–H groups in total. The van der Waals surface area contributed by atoms with Crippen molar-refractivity contribution >= 4 is 11.7 Å². The molecule has 2 rings (SSSR count). The highest BCUT2D eigenvalue weighted by atomic mass is 16.2. The molecule has 0 radical (unpaired) electrons. The summed E-state index contributed by atoms with van der Waals surface area (Å²) >= 11 is 0. The van der Waals surface area contributed by atoms with Gasteiger partial charge in [0.1, 0.15) is 0 Å². The van der Waals surface area contributed by atoms with E-state index in [1.165, 1.54) is 0 Å². The van der Waals surface area contributed by atoms with Crippen molar-refractivity contribution in [2.75, 3.05) is 32.5 Å². The summed E-state index contributed by atoms with van der Waals surface area (Å²) in [4.78, 5) is 16.2. The molecule has 1 aromatic heterocycles. The molecule has 6 nitrogen and oxygen atoms in total. The van der Waals surface area contributed by atoms with E-state index in [2.05, 4.69) is 36.1 Å². The molecule has 1 aliphatic heterocycles. The number of urea groups is 1. The third-order valence-electron chi connectivity index (χ3n) is 3.94. The lowest BCUT2D eigenvalue weighted by atomic mass is 10.1. The second-order valence-corrected chi connectivity index (χ2v) is 6.39. The highest BCUT2D eigenvalue weighted by Gasteiger charge is 2.32. The Morgan fingerprint density at radius 2 is 2.14 bits per heavy atom. The normalized spacial score (nSPS) is 15.7. The van der Waals surface area contributed by atoms with Gasteiger partial charge in [0.15, 0.2) is 0 Å². The van der Waals surface area contributed by atoms with Crippen LogP contribution in [0.3, 0.4) is 0 Å². The number of carbonyl (C=O) groups excluding carboxylic acids is 1. The Hall–Kier alpha value is -1.56. The summed E-state index contributed by atoms with van der Waals surface area (Å²) in [5, 5.41) is 7.40. The van der Waals surface area contributed by atoms with Crippen LogP contribution in [-0.4, -0.2) is 58.8 Å². The highest BCUT2D eigenvalue weighted by molar-refractivity contribution is 5.90. The van der Waals surface area contributed by atoms with E-state index >= 15 is 0 Å². The van der Waals surface area contributed by atoms with E-state index in [0.29, 0.717) is 12.0 Å². The van der Waals surface area contributed by atoms with Gasteiger partial charge in [0.25, 0.3) is 0 Å². The molecule has 2 heterocycles. The molecule has 0 aromatic carbocycles. The fourth-order valence-electron chi connectivity index (χ4n) is 2.53. The van der Waals surface area contributed by atoms with E-state index < -0.39 is 0 Å². The van der Waals surface area contributed by atoms with Gasteiger partial charge in [-0.15, -0.1) is 0 Å². The molecule has 2 amide bonds. The summed E-state index contributed by atoms with van der Waals surface area (Å²) in [6.45, 7) is 8.89. The first-order valence-corrected chi connectivity index (χ1v) is 7.69. The van der Waals surface area contributed by atoms with Crippen molar-refractivity contribution in [2.45, 2.75) is 39.8 Å². The van der Waals surface area contributed by atoms with Crippen LogP contribution in [0.25, 0.3) is 0 Å². The number of hydrogen-bond donors (Lipinski definition) is 1. The van der Waals surface area contributed by atoms with Crippen molar-refractivity contribution in [1.29, 1.82) is 0 Å². The summed E-state index contributed by atoms with van der Waals surface area (Å²) in [6, 6.07) is 0.456. The van der Waals surface area contributed by atoms with E-state index in [1.807, 2.05) is 23.7 Å². The molecule has 1 aromatic rings. The van der Waals surface area contributed by atoms with E-state index in [0.717, 1.165) is 37.4 Å². The first-order chi connectivity index (χ1) is 9.92. The molecule has 6 heteroatoms. The largest absolute Gasteiger partial charge is 0.322 e. The quantitative estimate of drug-likeness (QED) is 0.902. The lowest BCUT2D eigenvalue weighted by Crippen LogP contribution is -2.60. The van der Waals surface area contributed by atoms with Crippen LogP contribution in [-0.2, 0) is 13.0 Å². The molecule has 1 aliphatic rings. The maximum Gasteiger partial charge on any atom is 0.322 e. The zero-order chi connectivity index (χ0) is 15.6. The molecule has 0 unspecified atom stereocenters. The van der Waals surface area contributed by atoms with Gasteiger partial charge in [-0.2, -0.15) is 5.10 Å². The van der Waals surface area contributed by atoms with Crippen LogP contribution in [0, 0.1) is 5.92 Å². The lowest BCUT2D eigenvalue weighted by Gasteiger charge is -2.42. The topological polar surface area (TPSA) is 53.4 Å². The summed E-state index contributed by atoms with van der Waals surface area (Å²) < 4.78 is 2.00. The number of anilines is 1. The second-order valence-electron chi connectivity index (χ2n) is 6.39. The van der Waals surface area contributed by atoms with Crippen LogP contribution in [0.1, 0.15) is 26.5 Å². The van der Waals surface area contributed by atoms with Crippen LogP contribution < -0.4 is 5.32 Å². The van der Waals surface area contributed by atoms with Gasteiger partial charge in [-0.3, -0.25) is 4.68 Å². The number of carbonyl (C=O) groups is 1. The summed E-state index contributed by atoms with van der Waals surface area (Å²) in [5.74, 6) is 0.537. The van der Waals surface area contributed by atoms with Crippen LogP contribution in [0.15, 0.2) is 6.20 Å². The van der Waals surface area contributed by atoms with Crippen molar-refractivity contribution < 1.29 is 4.79 Å². The first-order valence-electron chi connectivity index (χ1n) is 7.69. The number of likely N-dealkylation sites (tertiary alicyclic amines) is 1. The number of likely N-dealkylation sites (N-methyl/N-ethyl adjacent to an activating group) is 1. The summed E-state index contributed by atoms with van der Waals surface area (Å²) in [5.41, 5.74) is 1.94. The fraction of sp³-hybridized carbons (Fsp3) is 0.733. The predicted molar refractivity (Wildman–Crippen MR) is 84.5 cm³/mol. The Kier molecular flexibility index (Phi) is 4.88. The number of nitrogens with zero attached hydrogens (tertiary/aromatic N) is 4. The molecule has 0 atom stereocenters. The Bertz CT molecular complexity index is 488. The minimum Gasteiger partial charge on any atom is -0.321 e. The van der Waals surface area contributed by atoms with Crippen molar-refractivity contribution in [3.8, 4) is 0 Å². The standard InChI is InChI=1S/C15H27N5O/c1-6-14-13(7-16-20(14)8-11(2)3)17-15(21)19-9-12(10-19)18(4)5/h7,11-12H,6,8-10H2,1-5H3,(H,17,21). The minimum absolute atomic E-state index is 0.0214. The predicted octanol–water partition coefficient (Wildman–Crippen LogP) is 1.88. The molecule has 0 saturated carbocycles. The van der Waals surface area contributed by atoms with Gasteiger partial charge < -0.3 is 15.1 Å². The third-order valence-corrected chi connectivity index (χ3v) is 3.94. The van der Waals surface area contributed by atoms with E-state index in [-0.39, 0.29) is 6.03 Å². The van der Waals surface area contributed by atoms with Gasteiger partial charge in [0.2, 0.25) is 0 Å². The monoisotopic (exact) mass is 293 g/mol. The molecular weight excluding hydrogens is 266 g/mol. The maximum absolute atomic E-state index is 12.2. The average Bonchev–Trinajstić information content (AvgIpc) is 2.67. The smallest absolute Gasteiger partial charge is 0.321 e. The van der Waals surface area contributed by atoms with Crippen LogP contribution in [0.4, 0.5) is 10.5 Å². The van der Waals surface area contributed by atoms with E-state index in [4.69, 9.17) is 0 Å². The molecule has 0 aliphatic carbocycles. The number of hydrogen-bond acceptors (Lipinski definition) is 3. The Labute approximate surface area is 127 Å². The average molecular weight is 293 g/mol. The zero-order valence-electron chi connectivity index (χ0n) is 13.8. The molecule has 0 bridgehead atoms.